The lowest BCUT2D eigenvalue weighted by Crippen LogP contribution is -2.32. The van der Waals surface area contributed by atoms with Crippen LogP contribution in [0, 0.1) is 0 Å². The minimum Gasteiger partial charge on any atom is -0.0894 e. The number of benzene rings is 5. The summed E-state index contributed by atoms with van der Waals surface area (Å²) in [6.07, 6.45) is 0. The predicted molar refractivity (Wildman–Crippen MR) is 134 cm³/mol. The Kier molecular flexibility index (Phi) is 3.46. The first-order valence-corrected chi connectivity index (χ1v) is 11.6. The quantitative estimate of drug-likeness (QED) is 0.280. The van der Waals surface area contributed by atoms with E-state index in [2.05, 4.69) is 111 Å². The maximum Gasteiger partial charge on any atom is 0.139 e. The van der Waals surface area contributed by atoms with E-state index in [0.29, 0.717) is 0 Å². The molecule has 2 aliphatic rings. The Morgan fingerprint density at radius 3 is 2.06 bits per heavy atom. The van der Waals surface area contributed by atoms with Gasteiger partial charge in [-0.15, -0.1) is 0 Å². The van der Waals surface area contributed by atoms with Gasteiger partial charge in [0.1, 0.15) is 7.85 Å². The molecule has 0 saturated carbocycles. The summed E-state index contributed by atoms with van der Waals surface area (Å²) < 4.78 is 0. The third-order valence-corrected chi connectivity index (χ3v) is 8.10. The van der Waals surface area contributed by atoms with E-state index in [0.717, 1.165) is 0 Å². The summed E-state index contributed by atoms with van der Waals surface area (Å²) in [7, 11) is 2.19. The molecule has 5 aromatic rings. The van der Waals surface area contributed by atoms with Crippen LogP contribution in [0.15, 0.2) is 113 Å². The fourth-order valence-electron chi connectivity index (χ4n) is 5.70. The van der Waals surface area contributed by atoms with E-state index >= 15 is 0 Å². The lowest BCUT2D eigenvalue weighted by molar-refractivity contribution is 0.724. The molecule has 0 nitrogen and oxygen atoms in total. The minimum atomic E-state index is -0.277. The Morgan fingerprint density at radius 2 is 1.19 bits per heavy atom. The average Bonchev–Trinajstić information content (AvgIpc) is 3.08. The van der Waals surface area contributed by atoms with Gasteiger partial charge in [-0.3, -0.25) is 0 Å². The summed E-state index contributed by atoms with van der Waals surface area (Å²) in [6, 6.07) is 38.6. The van der Waals surface area contributed by atoms with E-state index in [-0.39, 0.29) is 5.41 Å². The molecule has 1 unspecified atom stereocenters. The second-order valence-corrected chi connectivity index (χ2v) is 9.72. The Morgan fingerprint density at radius 1 is 0.516 bits per heavy atom. The zero-order chi connectivity index (χ0) is 20.6. The number of hydrogen-bond acceptors (Lipinski definition) is 1. The molecule has 144 valence electrons. The molecule has 2 heteroatoms. The summed E-state index contributed by atoms with van der Waals surface area (Å²) in [5.41, 5.74) is 9.37. The zero-order valence-electron chi connectivity index (χ0n) is 17.2. The van der Waals surface area contributed by atoms with Crippen LogP contribution in [-0.2, 0) is 5.41 Å². The van der Waals surface area contributed by atoms with Crippen molar-refractivity contribution in [3.05, 3.63) is 125 Å². The molecule has 31 heavy (non-hydrogen) atoms. The third kappa shape index (κ3) is 2.18. The van der Waals surface area contributed by atoms with Crippen molar-refractivity contribution in [2.75, 3.05) is 0 Å². The van der Waals surface area contributed by atoms with Crippen LogP contribution in [0.4, 0.5) is 0 Å². The topological polar surface area (TPSA) is 0 Å². The fourth-order valence-corrected chi connectivity index (χ4v) is 6.99. The van der Waals surface area contributed by atoms with Gasteiger partial charge < -0.3 is 0 Å². The van der Waals surface area contributed by atoms with Crippen LogP contribution in [0.5, 0.6) is 0 Å². The number of hydrogen-bond donors (Lipinski definition) is 0. The van der Waals surface area contributed by atoms with Crippen LogP contribution >= 0.6 is 11.8 Å². The van der Waals surface area contributed by atoms with Gasteiger partial charge in [0.25, 0.3) is 0 Å². The standard InChI is InChI=1S/C29H19BS/c30-20-13-14-25-28(17-20)31-27-12-6-5-11-24(27)29(25)23-10-4-3-9-21(23)22-15-18-7-1-2-8-19(18)16-26(22)29/h1-17H,30H2. The van der Waals surface area contributed by atoms with Crippen LogP contribution in [-0.4, -0.2) is 7.85 Å². The summed E-state index contributed by atoms with van der Waals surface area (Å²) >= 11 is 1.91. The van der Waals surface area contributed by atoms with Crippen molar-refractivity contribution in [1.82, 2.24) is 0 Å². The molecule has 1 spiro atoms. The van der Waals surface area contributed by atoms with Crippen LogP contribution in [0.3, 0.4) is 0 Å². The third-order valence-electron chi connectivity index (χ3n) is 6.96. The van der Waals surface area contributed by atoms with Crippen molar-refractivity contribution >= 4 is 35.8 Å². The Labute approximate surface area is 187 Å². The first-order chi connectivity index (χ1) is 15.3. The normalized spacial score (nSPS) is 17.8. The van der Waals surface area contributed by atoms with E-state index in [1.165, 1.54) is 59.4 Å². The van der Waals surface area contributed by atoms with Gasteiger partial charge in [0.05, 0.1) is 5.41 Å². The number of fused-ring (bicyclic) bond motifs is 10. The molecule has 0 amide bonds. The van der Waals surface area contributed by atoms with Crippen molar-refractivity contribution < 1.29 is 0 Å². The highest BCUT2D eigenvalue weighted by Crippen LogP contribution is 2.62. The Hall–Kier alpha value is -3.23. The van der Waals surface area contributed by atoms with Crippen LogP contribution in [0.2, 0.25) is 0 Å². The van der Waals surface area contributed by atoms with Crippen molar-refractivity contribution in [2.45, 2.75) is 15.2 Å². The summed E-state index contributed by atoms with van der Waals surface area (Å²) in [4.78, 5) is 2.73. The molecule has 0 bridgehead atoms. The smallest absolute Gasteiger partial charge is 0.0894 e. The molecular formula is C29H19BS. The van der Waals surface area contributed by atoms with Gasteiger partial charge >= 0.3 is 0 Å². The molecule has 5 aromatic carbocycles. The Balaban J connectivity index is 1.72. The molecule has 0 N–H and O–H groups in total. The maximum absolute atomic E-state index is 2.45. The second kappa shape index (κ2) is 6.15. The average molecular weight is 410 g/mol. The molecule has 7 rings (SSSR count). The summed E-state index contributed by atoms with van der Waals surface area (Å²) in [6.45, 7) is 0. The summed E-state index contributed by atoms with van der Waals surface area (Å²) in [5.74, 6) is 0. The van der Waals surface area contributed by atoms with Gasteiger partial charge in [-0.1, -0.05) is 102 Å². The fraction of sp³-hybridized carbons (Fsp3) is 0.0345. The molecule has 0 fully saturated rings. The summed E-state index contributed by atoms with van der Waals surface area (Å²) in [5, 5.41) is 2.61. The molecule has 1 aliphatic heterocycles. The largest absolute Gasteiger partial charge is 0.139 e. The van der Waals surface area contributed by atoms with E-state index in [4.69, 9.17) is 0 Å². The van der Waals surface area contributed by atoms with E-state index in [1.807, 2.05) is 11.8 Å². The van der Waals surface area contributed by atoms with Gasteiger partial charge in [-0.25, -0.2) is 0 Å². The highest BCUT2D eigenvalue weighted by Gasteiger charge is 2.50. The lowest BCUT2D eigenvalue weighted by atomic mass is 9.67. The van der Waals surface area contributed by atoms with Gasteiger partial charge in [0, 0.05) is 9.79 Å². The Bertz CT molecular complexity index is 1530. The zero-order valence-corrected chi connectivity index (χ0v) is 18.0. The predicted octanol–water partition coefficient (Wildman–Crippen LogP) is 5.93. The molecular weight excluding hydrogens is 391 g/mol. The van der Waals surface area contributed by atoms with E-state index < -0.39 is 0 Å². The maximum atomic E-state index is 2.45. The van der Waals surface area contributed by atoms with Crippen LogP contribution in [0.25, 0.3) is 21.9 Å². The van der Waals surface area contributed by atoms with E-state index in [9.17, 15) is 0 Å². The molecule has 0 aromatic heterocycles. The first-order valence-electron chi connectivity index (χ1n) is 10.8. The molecule has 0 radical (unpaired) electrons. The van der Waals surface area contributed by atoms with Gasteiger partial charge in [-0.2, -0.15) is 0 Å². The van der Waals surface area contributed by atoms with Gasteiger partial charge in [0.15, 0.2) is 0 Å². The number of rotatable bonds is 0. The van der Waals surface area contributed by atoms with Gasteiger partial charge in [-0.05, 0) is 62.4 Å². The van der Waals surface area contributed by atoms with Gasteiger partial charge in [0.2, 0.25) is 0 Å². The van der Waals surface area contributed by atoms with Crippen molar-refractivity contribution in [2.24, 2.45) is 0 Å². The van der Waals surface area contributed by atoms with E-state index in [1.54, 1.807) is 0 Å². The highest BCUT2D eigenvalue weighted by atomic mass is 32.2. The van der Waals surface area contributed by atoms with Crippen molar-refractivity contribution in [3.8, 4) is 11.1 Å². The van der Waals surface area contributed by atoms with Crippen molar-refractivity contribution in [3.63, 3.8) is 0 Å². The lowest BCUT2D eigenvalue weighted by Gasteiger charge is -2.39. The molecule has 1 atom stereocenters. The molecule has 1 aliphatic carbocycles. The van der Waals surface area contributed by atoms with Crippen LogP contribution in [0.1, 0.15) is 22.3 Å². The molecule has 0 saturated heterocycles. The molecule has 1 heterocycles. The monoisotopic (exact) mass is 410 g/mol. The minimum absolute atomic E-state index is 0.277. The highest BCUT2D eigenvalue weighted by molar-refractivity contribution is 7.99. The first kappa shape index (κ1) is 17.5. The van der Waals surface area contributed by atoms with Crippen LogP contribution < -0.4 is 5.46 Å². The second-order valence-electron chi connectivity index (χ2n) is 8.64. The SMILES string of the molecule is Bc1ccc2c(c1)Sc1ccccc1C21c2ccccc2-c2cc3ccccc3cc21. The van der Waals surface area contributed by atoms with Crippen molar-refractivity contribution in [1.29, 1.82) is 0 Å².